The summed E-state index contributed by atoms with van der Waals surface area (Å²) in [6, 6.07) is 11.3. The summed E-state index contributed by atoms with van der Waals surface area (Å²) in [5, 5.41) is 0. The molecule has 1 aromatic rings. The fourth-order valence-corrected chi connectivity index (χ4v) is 1.82. The minimum absolute atomic E-state index is 0.614. The Labute approximate surface area is 90.8 Å². The second kappa shape index (κ2) is 5.26. The molecule has 1 aromatic carbocycles. The molecule has 0 aromatic heterocycles. The lowest BCUT2D eigenvalue weighted by molar-refractivity contribution is 0.0998. The van der Waals surface area contributed by atoms with E-state index in [0.29, 0.717) is 6.61 Å². The van der Waals surface area contributed by atoms with E-state index in [4.69, 9.17) is 5.90 Å². The molecule has 0 unspecified atom stereocenters. The lowest BCUT2D eigenvalue weighted by Gasteiger charge is -2.21. The van der Waals surface area contributed by atoms with Gasteiger partial charge in [-0.15, -0.1) is 0 Å². The zero-order valence-electron chi connectivity index (χ0n) is 8.93. The molecule has 0 aliphatic heterocycles. The third kappa shape index (κ3) is 3.30. The average molecular weight is 206 g/mol. The summed E-state index contributed by atoms with van der Waals surface area (Å²) < 4.78 is 0. The van der Waals surface area contributed by atoms with Gasteiger partial charge in [-0.1, -0.05) is 30.3 Å². The highest BCUT2D eigenvalue weighted by atomic mass is 16.6. The molecule has 15 heavy (non-hydrogen) atoms. The molecule has 3 nitrogen and oxygen atoms in total. The van der Waals surface area contributed by atoms with Crippen LogP contribution in [-0.4, -0.2) is 24.1 Å². The van der Waals surface area contributed by atoms with Gasteiger partial charge in [0.25, 0.3) is 0 Å². The lowest BCUT2D eigenvalue weighted by atomic mass is 10.2. The lowest BCUT2D eigenvalue weighted by Crippen LogP contribution is -2.30. The second-order valence-corrected chi connectivity index (χ2v) is 4.06. The molecule has 0 spiro atoms. The van der Waals surface area contributed by atoms with Crippen LogP contribution < -0.4 is 5.90 Å². The van der Waals surface area contributed by atoms with Gasteiger partial charge in [0, 0.05) is 19.1 Å². The zero-order valence-corrected chi connectivity index (χ0v) is 8.93. The Kier molecular flexibility index (Phi) is 3.72. The molecule has 3 heteroatoms. The normalized spacial score (nSPS) is 15.9. The predicted molar refractivity (Wildman–Crippen MR) is 60.0 cm³/mol. The SMILES string of the molecule is NOCCN(Cc1ccccc1)C1CC1. The van der Waals surface area contributed by atoms with Gasteiger partial charge in [-0.05, 0) is 18.4 Å². The summed E-state index contributed by atoms with van der Waals surface area (Å²) in [5.41, 5.74) is 1.36. The number of nitrogens with zero attached hydrogens (tertiary/aromatic N) is 1. The fraction of sp³-hybridized carbons (Fsp3) is 0.500. The van der Waals surface area contributed by atoms with Gasteiger partial charge in [0.2, 0.25) is 0 Å². The molecule has 0 heterocycles. The van der Waals surface area contributed by atoms with Crippen LogP contribution >= 0.6 is 0 Å². The van der Waals surface area contributed by atoms with E-state index in [2.05, 4.69) is 34.0 Å². The Bertz CT molecular complexity index is 285. The van der Waals surface area contributed by atoms with Gasteiger partial charge in [-0.2, -0.15) is 0 Å². The third-order valence-corrected chi connectivity index (χ3v) is 2.79. The van der Waals surface area contributed by atoms with E-state index in [1.54, 1.807) is 0 Å². The van der Waals surface area contributed by atoms with Gasteiger partial charge in [0.05, 0.1) is 6.61 Å². The molecular formula is C12H18N2O. The molecule has 0 bridgehead atoms. The highest BCUT2D eigenvalue weighted by molar-refractivity contribution is 5.14. The van der Waals surface area contributed by atoms with Crippen LogP contribution in [-0.2, 0) is 11.4 Å². The highest BCUT2D eigenvalue weighted by Gasteiger charge is 2.28. The molecule has 0 radical (unpaired) electrons. The van der Waals surface area contributed by atoms with Crippen molar-refractivity contribution < 1.29 is 4.84 Å². The summed E-state index contributed by atoms with van der Waals surface area (Å²) in [7, 11) is 0. The minimum Gasteiger partial charge on any atom is -0.303 e. The van der Waals surface area contributed by atoms with E-state index in [1.165, 1.54) is 18.4 Å². The second-order valence-electron chi connectivity index (χ2n) is 4.06. The number of hydrogen-bond donors (Lipinski definition) is 1. The Balaban J connectivity index is 1.88. The highest BCUT2D eigenvalue weighted by Crippen LogP contribution is 2.27. The van der Waals surface area contributed by atoms with Crippen molar-refractivity contribution in [3.8, 4) is 0 Å². The fourth-order valence-electron chi connectivity index (χ4n) is 1.82. The molecule has 1 aliphatic rings. The molecule has 0 saturated heterocycles. The molecule has 2 rings (SSSR count). The van der Waals surface area contributed by atoms with Crippen LogP contribution in [0.25, 0.3) is 0 Å². The first kappa shape index (κ1) is 10.6. The van der Waals surface area contributed by atoms with E-state index >= 15 is 0 Å². The van der Waals surface area contributed by atoms with Crippen molar-refractivity contribution in [3.63, 3.8) is 0 Å². The van der Waals surface area contributed by atoms with Gasteiger partial charge >= 0.3 is 0 Å². The maximum atomic E-state index is 5.06. The maximum Gasteiger partial charge on any atom is 0.0806 e. The monoisotopic (exact) mass is 206 g/mol. The van der Waals surface area contributed by atoms with Crippen LogP contribution in [0.15, 0.2) is 30.3 Å². The summed E-state index contributed by atoms with van der Waals surface area (Å²) in [4.78, 5) is 7.09. The topological polar surface area (TPSA) is 38.5 Å². The Morgan fingerprint density at radius 1 is 1.27 bits per heavy atom. The van der Waals surface area contributed by atoms with Crippen molar-refractivity contribution in [2.45, 2.75) is 25.4 Å². The molecule has 1 saturated carbocycles. The van der Waals surface area contributed by atoms with Crippen molar-refractivity contribution in [2.75, 3.05) is 13.2 Å². The first-order valence-corrected chi connectivity index (χ1v) is 5.50. The Morgan fingerprint density at radius 2 is 2.00 bits per heavy atom. The van der Waals surface area contributed by atoms with Crippen LogP contribution in [0.5, 0.6) is 0 Å². The van der Waals surface area contributed by atoms with E-state index < -0.39 is 0 Å². The average Bonchev–Trinajstić information content (AvgIpc) is 3.09. The maximum absolute atomic E-state index is 5.06. The summed E-state index contributed by atoms with van der Waals surface area (Å²) >= 11 is 0. The van der Waals surface area contributed by atoms with Crippen molar-refractivity contribution in [1.29, 1.82) is 0 Å². The van der Waals surface area contributed by atoms with Crippen molar-refractivity contribution in [3.05, 3.63) is 35.9 Å². The summed E-state index contributed by atoms with van der Waals surface area (Å²) in [6.45, 7) is 2.55. The molecule has 0 amide bonds. The first-order chi connectivity index (χ1) is 7.40. The van der Waals surface area contributed by atoms with E-state index in [1.807, 2.05) is 6.07 Å². The number of rotatable bonds is 6. The molecular weight excluding hydrogens is 188 g/mol. The van der Waals surface area contributed by atoms with Gasteiger partial charge in [0.1, 0.15) is 0 Å². The van der Waals surface area contributed by atoms with Gasteiger partial charge in [0.15, 0.2) is 0 Å². The van der Waals surface area contributed by atoms with Crippen LogP contribution in [0.3, 0.4) is 0 Å². The van der Waals surface area contributed by atoms with Crippen molar-refractivity contribution in [1.82, 2.24) is 4.90 Å². The minimum atomic E-state index is 0.614. The van der Waals surface area contributed by atoms with Crippen molar-refractivity contribution >= 4 is 0 Å². The Hall–Kier alpha value is -0.900. The van der Waals surface area contributed by atoms with Gasteiger partial charge < -0.3 is 4.84 Å². The van der Waals surface area contributed by atoms with E-state index in [-0.39, 0.29) is 0 Å². The number of hydrogen-bond acceptors (Lipinski definition) is 3. The largest absolute Gasteiger partial charge is 0.303 e. The standard InChI is InChI=1S/C12H18N2O/c13-15-9-8-14(12-6-7-12)10-11-4-2-1-3-5-11/h1-5,12H,6-10,13H2. The smallest absolute Gasteiger partial charge is 0.0806 e. The van der Waals surface area contributed by atoms with E-state index in [9.17, 15) is 0 Å². The number of benzene rings is 1. The van der Waals surface area contributed by atoms with Crippen LogP contribution in [0.4, 0.5) is 0 Å². The predicted octanol–water partition coefficient (Wildman–Crippen LogP) is 1.54. The molecule has 1 fully saturated rings. The van der Waals surface area contributed by atoms with Gasteiger partial charge in [-0.3, -0.25) is 4.90 Å². The molecule has 2 N–H and O–H groups in total. The molecule has 82 valence electrons. The van der Waals surface area contributed by atoms with E-state index in [0.717, 1.165) is 19.1 Å². The first-order valence-electron chi connectivity index (χ1n) is 5.50. The third-order valence-electron chi connectivity index (χ3n) is 2.79. The quantitative estimate of drug-likeness (QED) is 0.718. The van der Waals surface area contributed by atoms with Crippen LogP contribution in [0, 0.1) is 0 Å². The zero-order chi connectivity index (χ0) is 10.5. The van der Waals surface area contributed by atoms with Gasteiger partial charge in [-0.25, -0.2) is 5.90 Å². The van der Waals surface area contributed by atoms with Crippen LogP contribution in [0.2, 0.25) is 0 Å². The molecule has 0 atom stereocenters. The Morgan fingerprint density at radius 3 is 2.60 bits per heavy atom. The summed E-state index contributed by atoms with van der Waals surface area (Å²) in [6.07, 6.45) is 2.63. The van der Waals surface area contributed by atoms with Crippen molar-refractivity contribution in [2.24, 2.45) is 5.90 Å². The molecule has 1 aliphatic carbocycles. The number of nitrogens with two attached hydrogens (primary N) is 1. The summed E-state index contributed by atoms with van der Waals surface area (Å²) in [5.74, 6) is 5.06. The van der Waals surface area contributed by atoms with Crippen LogP contribution in [0.1, 0.15) is 18.4 Å².